The fourth-order valence-corrected chi connectivity index (χ4v) is 3.69. The molecular weight excluding hydrogens is 224 g/mol. The third-order valence-electron chi connectivity index (χ3n) is 4.25. The first-order valence-corrected chi connectivity index (χ1v) is 7.37. The van der Waals surface area contributed by atoms with Crippen molar-refractivity contribution >= 4 is 5.91 Å². The lowest BCUT2D eigenvalue weighted by Gasteiger charge is -2.27. The highest BCUT2D eigenvalue weighted by Gasteiger charge is 2.39. The SMILES string of the molecule is CC(CC(=O)N1CC[C@H]2CNC[C@H]21)CC(C)(C)C. The molecule has 1 N–H and O–H groups in total. The molecule has 3 heteroatoms. The summed E-state index contributed by atoms with van der Waals surface area (Å²) in [7, 11) is 0. The molecule has 2 rings (SSSR count). The van der Waals surface area contributed by atoms with Crippen molar-refractivity contribution in [2.24, 2.45) is 17.3 Å². The standard InChI is InChI=1S/C15H28N2O/c1-11(8-15(2,3)4)7-14(18)17-6-5-12-9-16-10-13(12)17/h11-13,16H,5-10H2,1-4H3/t11?,12-,13+/m0/s1. The molecule has 2 fully saturated rings. The van der Waals surface area contributed by atoms with Gasteiger partial charge in [0.15, 0.2) is 0 Å². The summed E-state index contributed by atoms with van der Waals surface area (Å²) in [6, 6.07) is 0.485. The molecule has 3 nitrogen and oxygen atoms in total. The Morgan fingerprint density at radius 2 is 2.11 bits per heavy atom. The van der Waals surface area contributed by atoms with Crippen LogP contribution in [0.5, 0.6) is 0 Å². The number of hydrogen-bond donors (Lipinski definition) is 1. The number of amides is 1. The van der Waals surface area contributed by atoms with Gasteiger partial charge in [-0.1, -0.05) is 27.7 Å². The number of hydrogen-bond acceptors (Lipinski definition) is 2. The molecule has 1 unspecified atom stereocenters. The van der Waals surface area contributed by atoms with Crippen molar-refractivity contribution in [1.29, 1.82) is 0 Å². The Hall–Kier alpha value is -0.570. The van der Waals surface area contributed by atoms with Crippen LogP contribution in [0.3, 0.4) is 0 Å². The van der Waals surface area contributed by atoms with Gasteiger partial charge < -0.3 is 10.2 Å². The van der Waals surface area contributed by atoms with Gasteiger partial charge in [-0.3, -0.25) is 4.79 Å². The van der Waals surface area contributed by atoms with Crippen LogP contribution in [0.4, 0.5) is 0 Å². The summed E-state index contributed by atoms with van der Waals surface area (Å²) in [5.41, 5.74) is 0.322. The number of fused-ring (bicyclic) bond motifs is 1. The van der Waals surface area contributed by atoms with Crippen molar-refractivity contribution in [2.75, 3.05) is 19.6 Å². The molecule has 0 radical (unpaired) electrons. The summed E-state index contributed by atoms with van der Waals surface area (Å²) in [4.78, 5) is 14.5. The van der Waals surface area contributed by atoms with Crippen LogP contribution in [0.1, 0.15) is 47.0 Å². The zero-order chi connectivity index (χ0) is 13.3. The maximum absolute atomic E-state index is 12.4. The van der Waals surface area contributed by atoms with E-state index in [1.807, 2.05) is 0 Å². The van der Waals surface area contributed by atoms with E-state index in [1.165, 1.54) is 6.42 Å². The highest BCUT2D eigenvalue weighted by Crippen LogP contribution is 2.30. The minimum absolute atomic E-state index is 0.322. The molecule has 104 valence electrons. The second-order valence-electron chi connectivity index (χ2n) is 7.44. The van der Waals surface area contributed by atoms with Gasteiger partial charge in [0.1, 0.15) is 0 Å². The van der Waals surface area contributed by atoms with E-state index in [0.717, 1.165) is 32.5 Å². The van der Waals surface area contributed by atoms with Crippen LogP contribution < -0.4 is 5.32 Å². The van der Waals surface area contributed by atoms with Crippen LogP contribution in [0.2, 0.25) is 0 Å². The summed E-state index contributed by atoms with van der Waals surface area (Å²) >= 11 is 0. The first kappa shape index (κ1) is 13.9. The lowest BCUT2D eigenvalue weighted by atomic mass is 9.84. The highest BCUT2D eigenvalue weighted by molar-refractivity contribution is 5.77. The van der Waals surface area contributed by atoms with Crippen LogP contribution in [0.15, 0.2) is 0 Å². The van der Waals surface area contributed by atoms with Gasteiger partial charge >= 0.3 is 0 Å². The van der Waals surface area contributed by atoms with Gasteiger partial charge in [0.05, 0.1) is 0 Å². The van der Waals surface area contributed by atoms with Crippen molar-refractivity contribution in [3.63, 3.8) is 0 Å². The van der Waals surface area contributed by atoms with Gasteiger partial charge in [0.25, 0.3) is 0 Å². The molecule has 2 aliphatic heterocycles. The lowest BCUT2D eigenvalue weighted by Crippen LogP contribution is -2.39. The van der Waals surface area contributed by atoms with Crippen LogP contribution >= 0.6 is 0 Å². The number of likely N-dealkylation sites (tertiary alicyclic amines) is 1. The molecule has 2 heterocycles. The lowest BCUT2D eigenvalue weighted by molar-refractivity contribution is -0.133. The molecule has 0 bridgehead atoms. The molecule has 0 aromatic heterocycles. The summed E-state index contributed by atoms with van der Waals surface area (Å²) in [6.07, 6.45) is 3.04. The molecule has 0 spiro atoms. The smallest absolute Gasteiger partial charge is 0.223 e. The van der Waals surface area contributed by atoms with E-state index >= 15 is 0 Å². The topological polar surface area (TPSA) is 32.3 Å². The predicted octanol–water partition coefficient (Wildman–Crippen LogP) is 2.27. The van der Waals surface area contributed by atoms with E-state index in [9.17, 15) is 4.79 Å². The Bertz CT molecular complexity index is 308. The van der Waals surface area contributed by atoms with Crippen LogP contribution in [0.25, 0.3) is 0 Å². The third-order valence-corrected chi connectivity index (χ3v) is 4.25. The van der Waals surface area contributed by atoms with Crippen LogP contribution in [-0.4, -0.2) is 36.5 Å². The Balaban J connectivity index is 1.84. The fraction of sp³-hybridized carbons (Fsp3) is 0.933. The monoisotopic (exact) mass is 252 g/mol. The number of carbonyl (C=O) groups excluding carboxylic acids is 1. The molecule has 0 saturated carbocycles. The van der Waals surface area contributed by atoms with Crippen LogP contribution in [-0.2, 0) is 4.79 Å². The van der Waals surface area contributed by atoms with Crippen molar-refractivity contribution in [2.45, 2.75) is 53.0 Å². The van der Waals surface area contributed by atoms with Gasteiger partial charge in [0.2, 0.25) is 5.91 Å². The van der Waals surface area contributed by atoms with E-state index in [-0.39, 0.29) is 0 Å². The Labute approximate surface area is 111 Å². The maximum Gasteiger partial charge on any atom is 0.223 e. The number of carbonyl (C=O) groups is 1. The average Bonchev–Trinajstić information content (AvgIpc) is 2.72. The van der Waals surface area contributed by atoms with E-state index in [0.29, 0.717) is 29.2 Å². The molecule has 1 amide bonds. The molecule has 2 aliphatic rings. The third kappa shape index (κ3) is 3.25. The van der Waals surface area contributed by atoms with Gasteiger partial charge in [-0.05, 0) is 30.1 Å². The molecule has 18 heavy (non-hydrogen) atoms. The predicted molar refractivity (Wildman–Crippen MR) is 74.3 cm³/mol. The Morgan fingerprint density at radius 1 is 1.39 bits per heavy atom. The summed E-state index contributed by atoms with van der Waals surface area (Å²) in [5, 5.41) is 3.41. The van der Waals surface area contributed by atoms with Crippen molar-refractivity contribution in [1.82, 2.24) is 10.2 Å². The average molecular weight is 252 g/mol. The van der Waals surface area contributed by atoms with Crippen LogP contribution in [0, 0.1) is 17.3 Å². The highest BCUT2D eigenvalue weighted by atomic mass is 16.2. The van der Waals surface area contributed by atoms with Crippen molar-refractivity contribution in [3.05, 3.63) is 0 Å². The normalized spacial score (nSPS) is 29.4. The molecule has 2 saturated heterocycles. The molecule has 0 aromatic rings. The summed E-state index contributed by atoms with van der Waals surface area (Å²) < 4.78 is 0. The van der Waals surface area contributed by atoms with E-state index in [2.05, 4.69) is 37.9 Å². The summed E-state index contributed by atoms with van der Waals surface area (Å²) in [5.74, 6) is 1.58. The minimum atomic E-state index is 0.322. The summed E-state index contributed by atoms with van der Waals surface area (Å²) in [6.45, 7) is 12.1. The van der Waals surface area contributed by atoms with Gasteiger partial charge in [-0.2, -0.15) is 0 Å². The second kappa shape index (κ2) is 5.20. The molecule has 0 aromatic carbocycles. The fourth-order valence-electron chi connectivity index (χ4n) is 3.69. The van der Waals surface area contributed by atoms with Crippen molar-refractivity contribution < 1.29 is 4.79 Å². The molecular formula is C15H28N2O. The minimum Gasteiger partial charge on any atom is -0.338 e. The Morgan fingerprint density at radius 3 is 2.78 bits per heavy atom. The maximum atomic E-state index is 12.4. The zero-order valence-corrected chi connectivity index (χ0v) is 12.3. The van der Waals surface area contributed by atoms with Gasteiger partial charge in [-0.25, -0.2) is 0 Å². The molecule has 0 aliphatic carbocycles. The first-order valence-electron chi connectivity index (χ1n) is 7.37. The second-order valence-corrected chi connectivity index (χ2v) is 7.44. The van der Waals surface area contributed by atoms with Gasteiger partial charge in [0, 0.05) is 32.1 Å². The zero-order valence-electron chi connectivity index (χ0n) is 12.3. The van der Waals surface area contributed by atoms with Crippen molar-refractivity contribution in [3.8, 4) is 0 Å². The number of nitrogens with zero attached hydrogens (tertiary/aromatic N) is 1. The first-order chi connectivity index (χ1) is 8.37. The van der Waals surface area contributed by atoms with Gasteiger partial charge in [-0.15, -0.1) is 0 Å². The Kier molecular flexibility index (Phi) is 4.00. The largest absolute Gasteiger partial charge is 0.338 e. The molecule has 3 atom stereocenters. The number of nitrogens with one attached hydrogen (secondary N) is 1. The van der Waals surface area contributed by atoms with E-state index in [4.69, 9.17) is 0 Å². The number of rotatable bonds is 3. The quantitative estimate of drug-likeness (QED) is 0.835. The van der Waals surface area contributed by atoms with E-state index in [1.54, 1.807) is 0 Å². The van der Waals surface area contributed by atoms with E-state index < -0.39 is 0 Å².